The average Bonchev–Trinajstić information content (AvgIpc) is 2.37. The Morgan fingerprint density at radius 1 is 0.542 bits per heavy atom. The van der Waals surface area contributed by atoms with Gasteiger partial charge in [-0.2, -0.15) is 0 Å². The van der Waals surface area contributed by atoms with E-state index in [1.54, 1.807) is 0 Å². The summed E-state index contributed by atoms with van der Waals surface area (Å²) in [7, 11) is 0. The van der Waals surface area contributed by atoms with Gasteiger partial charge in [-0.3, -0.25) is 0 Å². The Labute approximate surface area is 164 Å². The molecule has 0 atom stereocenters. The number of hydrogen-bond donors (Lipinski definition) is 0. The van der Waals surface area contributed by atoms with E-state index >= 15 is 0 Å². The topological polar surface area (TPSA) is 110 Å². The predicted octanol–water partition coefficient (Wildman–Crippen LogP) is 1.64. The molecule has 0 amide bonds. The van der Waals surface area contributed by atoms with Crippen molar-refractivity contribution in [1.82, 2.24) is 0 Å². The molecule has 136 valence electrons. The third kappa shape index (κ3) is 12.2. The first-order chi connectivity index (χ1) is 10.6. The van der Waals surface area contributed by atoms with Crippen LogP contribution >= 0.6 is 0 Å². The van der Waals surface area contributed by atoms with Crippen molar-refractivity contribution < 1.29 is 25.3 Å². The van der Waals surface area contributed by atoms with Gasteiger partial charge < -0.3 is 25.3 Å². The summed E-state index contributed by atoms with van der Waals surface area (Å²) in [5, 5.41) is 21.0. The molecule has 0 heterocycles. The Bertz CT molecular complexity index is 287. The van der Waals surface area contributed by atoms with Crippen LogP contribution in [-0.4, -0.2) is 43.3 Å². The number of carboxylic acids is 2. The number of carboxylic acid groups (broad SMARTS) is 2. The van der Waals surface area contributed by atoms with Crippen molar-refractivity contribution in [2.24, 2.45) is 11.8 Å². The fraction of sp³-hybridized carbons (Fsp3) is 0.889. The minimum absolute atomic E-state index is 0. The summed E-state index contributed by atoms with van der Waals surface area (Å²) in [6, 6.07) is 0. The second kappa shape index (κ2) is 16.3. The molecule has 5 nitrogen and oxygen atoms in total. The van der Waals surface area contributed by atoms with Crippen molar-refractivity contribution in [3.8, 4) is 0 Å². The molecule has 0 bridgehead atoms. The normalized spacial score (nSPS) is 20.3. The predicted molar refractivity (Wildman–Crippen MR) is 89.3 cm³/mol. The van der Waals surface area contributed by atoms with Crippen molar-refractivity contribution in [3.05, 3.63) is 0 Å². The minimum Gasteiger partial charge on any atom is -0.870 e. The molecule has 6 heteroatoms. The third-order valence-electron chi connectivity index (χ3n) is 4.88. The van der Waals surface area contributed by atoms with Gasteiger partial charge in [-0.1, -0.05) is 64.2 Å². The Morgan fingerprint density at radius 2 is 0.750 bits per heavy atom. The zero-order valence-corrected chi connectivity index (χ0v) is 18.0. The van der Waals surface area contributed by atoms with Crippen LogP contribution in [0.25, 0.3) is 0 Å². The van der Waals surface area contributed by atoms with Crippen LogP contribution in [0.3, 0.4) is 0 Å². The summed E-state index contributed by atoms with van der Waals surface area (Å²) in [6.45, 7) is 0. The van der Waals surface area contributed by atoms with E-state index in [9.17, 15) is 19.8 Å². The maximum atomic E-state index is 10.5. The number of carbonyl (C=O) groups is 2. The average molecular weight is 442 g/mol. The molecule has 0 aromatic heterocycles. The largest absolute Gasteiger partial charge is 3.00 e. The van der Waals surface area contributed by atoms with Crippen LogP contribution in [0.5, 0.6) is 0 Å². The van der Waals surface area contributed by atoms with Gasteiger partial charge in [0.25, 0.3) is 0 Å². The van der Waals surface area contributed by atoms with E-state index in [1.165, 1.54) is 38.5 Å². The van der Waals surface area contributed by atoms with Crippen LogP contribution in [0.2, 0.25) is 0 Å². The van der Waals surface area contributed by atoms with Crippen molar-refractivity contribution >= 4 is 37.8 Å². The van der Waals surface area contributed by atoms with Gasteiger partial charge in [0, 0.05) is 11.9 Å². The molecule has 0 saturated heterocycles. The summed E-state index contributed by atoms with van der Waals surface area (Å²) in [6.07, 6.45) is 15.0. The first-order valence-corrected chi connectivity index (χ1v) is 9.03. The van der Waals surface area contributed by atoms with Crippen LogP contribution in [0, 0.1) is 11.8 Å². The minimum atomic E-state index is -0.841. The Morgan fingerprint density at radius 3 is 0.958 bits per heavy atom. The molecule has 2 rings (SSSR count). The van der Waals surface area contributed by atoms with Crippen LogP contribution in [0.4, 0.5) is 0 Å². The van der Waals surface area contributed by atoms with E-state index < -0.39 is 11.9 Å². The second-order valence-corrected chi connectivity index (χ2v) is 6.72. The Kier molecular flexibility index (Phi) is 17.6. The van der Waals surface area contributed by atoms with E-state index in [0.29, 0.717) is 0 Å². The van der Waals surface area contributed by atoms with Gasteiger partial charge >= 0.3 is 25.8 Å². The molecule has 1 N–H and O–H groups in total. The van der Waals surface area contributed by atoms with Crippen LogP contribution in [0.1, 0.15) is 89.9 Å². The monoisotopic (exact) mass is 442 g/mol. The molecule has 0 aliphatic heterocycles. The van der Waals surface area contributed by atoms with Gasteiger partial charge in [-0.05, 0) is 37.5 Å². The number of hydrogen-bond acceptors (Lipinski definition) is 5. The summed E-state index contributed by atoms with van der Waals surface area (Å²) in [5.41, 5.74) is 0. The zero-order valence-electron chi connectivity index (χ0n) is 14.7. The third-order valence-corrected chi connectivity index (χ3v) is 4.88. The molecule has 0 aromatic carbocycles. The van der Waals surface area contributed by atoms with E-state index in [1.807, 2.05) is 0 Å². The standard InChI is InChI=1S/2C9H16O2.In.H2O/c2*10-9(11)8-6-4-2-1-3-5-7-8;;/h2*8H,1-7H2,(H,10,11);;1H2/q;;+3;/p-3. The Hall–Kier alpha value is -0.230. The van der Waals surface area contributed by atoms with E-state index in [2.05, 4.69) is 0 Å². The summed E-state index contributed by atoms with van der Waals surface area (Å²) in [4.78, 5) is 21.0. The summed E-state index contributed by atoms with van der Waals surface area (Å²) < 4.78 is 0. The molecule has 2 saturated carbocycles. The van der Waals surface area contributed by atoms with E-state index in [-0.39, 0.29) is 43.2 Å². The quantitative estimate of drug-likeness (QED) is 0.646. The number of aliphatic carboxylic acids is 2. The molecule has 0 radical (unpaired) electrons. The van der Waals surface area contributed by atoms with Crippen LogP contribution in [0.15, 0.2) is 0 Å². The first-order valence-electron chi connectivity index (χ1n) is 9.03. The number of rotatable bonds is 2. The second-order valence-electron chi connectivity index (χ2n) is 6.72. The maximum Gasteiger partial charge on any atom is 3.00 e. The number of carbonyl (C=O) groups excluding carboxylic acids is 2. The maximum absolute atomic E-state index is 10.5. The molecule has 24 heavy (non-hydrogen) atoms. The van der Waals surface area contributed by atoms with Gasteiger partial charge in [0.15, 0.2) is 0 Å². The Balaban J connectivity index is 0. The molecule has 0 aromatic rings. The molecule has 2 aliphatic rings. The summed E-state index contributed by atoms with van der Waals surface area (Å²) >= 11 is 0. The fourth-order valence-electron chi connectivity index (χ4n) is 3.38. The summed E-state index contributed by atoms with van der Waals surface area (Å²) in [5.74, 6) is -2.00. The molecule has 2 aliphatic carbocycles. The van der Waals surface area contributed by atoms with E-state index in [4.69, 9.17) is 0 Å². The molecule has 0 unspecified atom stereocenters. The SMILES string of the molecule is O=C([O-])C1CCCCCCC1.O=C([O-])C1CCCCCCC1.[In+3].[OH-]. The van der Waals surface area contributed by atoms with Crippen molar-refractivity contribution in [3.63, 3.8) is 0 Å². The smallest absolute Gasteiger partial charge is 0.870 e. The molecule has 2 fully saturated rings. The van der Waals surface area contributed by atoms with Crippen molar-refractivity contribution in [2.75, 3.05) is 0 Å². The van der Waals surface area contributed by atoms with Crippen LogP contribution in [-0.2, 0) is 9.59 Å². The van der Waals surface area contributed by atoms with Crippen molar-refractivity contribution in [1.29, 1.82) is 0 Å². The molecular formula is C18H31InO5. The van der Waals surface area contributed by atoms with Gasteiger partial charge in [-0.15, -0.1) is 0 Å². The molecule has 0 spiro atoms. The van der Waals surface area contributed by atoms with Gasteiger partial charge in [0.2, 0.25) is 0 Å². The van der Waals surface area contributed by atoms with Gasteiger partial charge in [0.05, 0.1) is 0 Å². The fourth-order valence-corrected chi connectivity index (χ4v) is 3.38. The molecular weight excluding hydrogens is 411 g/mol. The van der Waals surface area contributed by atoms with Crippen molar-refractivity contribution in [2.45, 2.75) is 89.9 Å². The zero-order chi connectivity index (χ0) is 16.2. The van der Waals surface area contributed by atoms with Crippen LogP contribution < -0.4 is 10.2 Å². The first kappa shape index (κ1) is 26.0. The van der Waals surface area contributed by atoms with E-state index in [0.717, 1.165) is 51.4 Å². The van der Waals surface area contributed by atoms with Gasteiger partial charge in [0.1, 0.15) is 0 Å². The van der Waals surface area contributed by atoms with Gasteiger partial charge in [-0.25, -0.2) is 0 Å².